The Labute approximate surface area is 66.1 Å². The van der Waals surface area contributed by atoms with Gasteiger partial charge in [-0.05, 0) is 26.3 Å². The van der Waals surface area contributed by atoms with Gasteiger partial charge in [0.1, 0.15) is 0 Å². The molecule has 0 amide bonds. The second kappa shape index (κ2) is 2.96. The van der Waals surface area contributed by atoms with Crippen molar-refractivity contribution in [1.29, 1.82) is 0 Å². The summed E-state index contributed by atoms with van der Waals surface area (Å²) in [6.07, 6.45) is 1.21. The summed E-state index contributed by atoms with van der Waals surface area (Å²) >= 11 is 0. The van der Waals surface area contributed by atoms with Crippen molar-refractivity contribution in [2.45, 2.75) is 26.9 Å². The molecule has 3 heteroatoms. The van der Waals surface area contributed by atoms with Crippen LogP contribution in [0.25, 0.3) is 0 Å². The van der Waals surface area contributed by atoms with Crippen molar-refractivity contribution in [3.05, 3.63) is 23.0 Å². The van der Waals surface area contributed by atoms with Gasteiger partial charge in [0, 0.05) is 5.56 Å². The minimum absolute atomic E-state index is 0.453. The Bertz CT molecular complexity index is 238. The van der Waals surface area contributed by atoms with Crippen LogP contribution >= 0.6 is 0 Å². The van der Waals surface area contributed by atoms with Crippen molar-refractivity contribution in [3.8, 4) is 0 Å². The van der Waals surface area contributed by atoms with E-state index < -0.39 is 6.10 Å². The largest absolute Gasteiger partial charge is 0.389 e. The monoisotopic (exact) mass is 152 g/mol. The summed E-state index contributed by atoms with van der Waals surface area (Å²) in [4.78, 5) is 0. The summed E-state index contributed by atoms with van der Waals surface area (Å²) in [6, 6.07) is 0. The number of aromatic nitrogens is 2. The molecule has 1 rings (SSSR count). The minimum Gasteiger partial charge on any atom is -0.389 e. The number of hydrogen-bond donors (Lipinski definition) is 1. The Morgan fingerprint density at radius 3 is 2.45 bits per heavy atom. The van der Waals surface area contributed by atoms with Crippen LogP contribution in [0.3, 0.4) is 0 Å². The predicted molar refractivity (Wildman–Crippen MR) is 42.1 cm³/mol. The average Bonchev–Trinajstić information content (AvgIpc) is 1.85. The third kappa shape index (κ3) is 1.54. The molecule has 0 bridgehead atoms. The highest BCUT2D eigenvalue weighted by molar-refractivity contribution is 5.27. The molecule has 0 aliphatic carbocycles. The van der Waals surface area contributed by atoms with E-state index in [0.717, 1.165) is 16.8 Å². The van der Waals surface area contributed by atoms with Crippen LogP contribution in [-0.2, 0) is 0 Å². The number of hydrogen-bond acceptors (Lipinski definition) is 3. The predicted octanol–water partition coefficient (Wildman–Crippen LogP) is 1.15. The first-order valence-corrected chi connectivity index (χ1v) is 3.59. The summed E-state index contributed by atoms with van der Waals surface area (Å²) in [5, 5.41) is 16.9. The standard InChI is InChI=1S/C8H12N2O/c1-5-4-9-10-6(2)8(5)7(3)11/h4,7,11H,1-3H3/t7-/m0/s1. The number of nitrogens with zero attached hydrogens (tertiary/aromatic N) is 2. The van der Waals surface area contributed by atoms with Gasteiger partial charge in [-0.15, -0.1) is 0 Å². The van der Waals surface area contributed by atoms with Crippen LogP contribution in [0.15, 0.2) is 6.20 Å². The van der Waals surface area contributed by atoms with Gasteiger partial charge < -0.3 is 5.11 Å². The average molecular weight is 152 g/mol. The maximum Gasteiger partial charge on any atom is 0.0783 e. The summed E-state index contributed by atoms with van der Waals surface area (Å²) in [5.41, 5.74) is 2.69. The summed E-state index contributed by atoms with van der Waals surface area (Å²) < 4.78 is 0. The molecule has 1 N–H and O–H groups in total. The molecule has 0 saturated heterocycles. The van der Waals surface area contributed by atoms with Crippen LogP contribution in [0.4, 0.5) is 0 Å². The molecule has 0 radical (unpaired) electrons. The van der Waals surface area contributed by atoms with Gasteiger partial charge in [-0.3, -0.25) is 0 Å². The van der Waals surface area contributed by atoms with E-state index in [2.05, 4.69) is 10.2 Å². The Kier molecular flexibility index (Phi) is 2.19. The molecule has 0 aliphatic rings. The maximum atomic E-state index is 9.32. The molecular formula is C8H12N2O. The van der Waals surface area contributed by atoms with E-state index in [4.69, 9.17) is 0 Å². The first-order valence-electron chi connectivity index (χ1n) is 3.59. The highest BCUT2D eigenvalue weighted by Crippen LogP contribution is 2.17. The Morgan fingerprint density at radius 2 is 2.09 bits per heavy atom. The van der Waals surface area contributed by atoms with Crippen LogP contribution in [0.1, 0.15) is 29.8 Å². The van der Waals surface area contributed by atoms with E-state index in [1.54, 1.807) is 13.1 Å². The van der Waals surface area contributed by atoms with Gasteiger partial charge in [0.15, 0.2) is 0 Å². The van der Waals surface area contributed by atoms with Gasteiger partial charge in [-0.2, -0.15) is 10.2 Å². The smallest absolute Gasteiger partial charge is 0.0783 e. The van der Waals surface area contributed by atoms with Crippen molar-refractivity contribution in [1.82, 2.24) is 10.2 Å². The fraction of sp³-hybridized carbons (Fsp3) is 0.500. The number of aliphatic hydroxyl groups is 1. The molecule has 60 valence electrons. The number of aryl methyl sites for hydroxylation is 2. The van der Waals surface area contributed by atoms with Crippen molar-refractivity contribution >= 4 is 0 Å². The van der Waals surface area contributed by atoms with Gasteiger partial charge >= 0.3 is 0 Å². The van der Waals surface area contributed by atoms with Crippen molar-refractivity contribution in [2.24, 2.45) is 0 Å². The van der Waals surface area contributed by atoms with E-state index in [1.165, 1.54) is 0 Å². The highest BCUT2D eigenvalue weighted by atomic mass is 16.3. The minimum atomic E-state index is -0.453. The van der Waals surface area contributed by atoms with Crippen LogP contribution in [0.2, 0.25) is 0 Å². The number of aliphatic hydroxyl groups excluding tert-OH is 1. The van der Waals surface area contributed by atoms with Crippen LogP contribution < -0.4 is 0 Å². The summed E-state index contributed by atoms with van der Waals surface area (Å²) in [6.45, 7) is 5.50. The summed E-state index contributed by atoms with van der Waals surface area (Å²) in [5.74, 6) is 0. The van der Waals surface area contributed by atoms with Crippen molar-refractivity contribution in [2.75, 3.05) is 0 Å². The molecule has 0 spiro atoms. The molecular weight excluding hydrogens is 140 g/mol. The van der Waals surface area contributed by atoms with E-state index in [9.17, 15) is 5.11 Å². The quantitative estimate of drug-likeness (QED) is 0.656. The zero-order chi connectivity index (χ0) is 8.43. The zero-order valence-corrected chi connectivity index (χ0v) is 7.00. The fourth-order valence-electron chi connectivity index (χ4n) is 1.24. The first-order chi connectivity index (χ1) is 5.13. The lowest BCUT2D eigenvalue weighted by Gasteiger charge is -2.09. The molecule has 0 aromatic carbocycles. The van der Waals surface area contributed by atoms with Gasteiger partial charge in [-0.1, -0.05) is 0 Å². The molecule has 1 atom stereocenters. The lowest BCUT2D eigenvalue weighted by Crippen LogP contribution is -2.02. The normalized spacial score (nSPS) is 13.1. The number of rotatable bonds is 1. The van der Waals surface area contributed by atoms with Gasteiger partial charge in [-0.25, -0.2) is 0 Å². The Balaban J connectivity index is 3.21. The topological polar surface area (TPSA) is 46.0 Å². The van der Waals surface area contributed by atoms with E-state index in [-0.39, 0.29) is 0 Å². The highest BCUT2D eigenvalue weighted by Gasteiger charge is 2.08. The molecule has 0 unspecified atom stereocenters. The van der Waals surface area contributed by atoms with Gasteiger partial charge in [0.25, 0.3) is 0 Å². The van der Waals surface area contributed by atoms with Crippen LogP contribution in [0, 0.1) is 13.8 Å². The molecule has 0 fully saturated rings. The molecule has 0 aliphatic heterocycles. The SMILES string of the molecule is Cc1cnnc(C)c1[C@H](C)O. The molecule has 1 aromatic heterocycles. The first kappa shape index (κ1) is 8.14. The van der Waals surface area contributed by atoms with Crippen molar-refractivity contribution < 1.29 is 5.11 Å². The molecule has 1 heterocycles. The van der Waals surface area contributed by atoms with Crippen LogP contribution in [0.5, 0.6) is 0 Å². The van der Waals surface area contributed by atoms with Crippen molar-refractivity contribution in [3.63, 3.8) is 0 Å². The third-order valence-corrected chi connectivity index (χ3v) is 1.69. The Hall–Kier alpha value is -0.960. The molecule has 11 heavy (non-hydrogen) atoms. The van der Waals surface area contributed by atoms with E-state index in [0.29, 0.717) is 0 Å². The second-order valence-corrected chi connectivity index (χ2v) is 2.70. The third-order valence-electron chi connectivity index (χ3n) is 1.69. The summed E-state index contributed by atoms with van der Waals surface area (Å²) in [7, 11) is 0. The molecule has 3 nitrogen and oxygen atoms in total. The lowest BCUT2D eigenvalue weighted by atomic mass is 10.1. The van der Waals surface area contributed by atoms with Gasteiger partial charge in [0.2, 0.25) is 0 Å². The second-order valence-electron chi connectivity index (χ2n) is 2.70. The van der Waals surface area contributed by atoms with Gasteiger partial charge in [0.05, 0.1) is 18.0 Å². The molecule has 0 saturated carbocycles. The van der Waals surface area contributed by atoms with Crippen LogP contribution in [-0.4, -0.2) is 15.3 Å². The van der Waals surface area contributed by atoms with E-state index >= 15 is 0 Å². The lowest BCUT2D eigenvalue weighted by molar-refractivity contribution is 0.197. The Morgan fingerprint density at radius 1 is 1.45 bits per heavy atom. The zero-order valence-electron chi connectivity index (χ0n) is 7.00. The fourth-order valence-corrected chi connectivity index (χ4v) is 1.24. The molecule has 1 aromatic rings. The maximum absolute atomic E-state index is 9.32. The van der Waals surface area contributed by atoms with E-state index in [1.807, 2.05) is 13.8 Å².